The van der Waals surface area contributed by atoms with Crippen molar-refractivity contribution in [2.75, 3.05) is 5.73 Å². The van der Waals surface area contributed by atoms with Crippen LogP contribution in [0.5, 0.6) is 11.5 Å². The average Bonchev–Trinajstić information content (AvgIpc) is 2.93. The van der Waals surface area contributed by atoms with Crippen LogP contribution in [0.1, 0.15) is 31.8 Å². The zero-order chi connectivity index (χ0) is 27.1. The van der Waals surface area contributed by atoms with Crippen LogP contribution in [0.3, 0.4) is 0 Å². The van der Waals surface area contributed by atoms with Crippen LogP contribution in [0.15, 0.2) is 102 Å². The van der Waals surface area contributed by atoms with Gasteiger partial charge < -0.3 is 14.8 Å². The van der Waals surface area contributed by atoms with Gasteiger partial charge in [0.2, 0.25) is 0 Å². The van der Waals surface area contributed by atoms with Gasteiger partial charge in [-0.1, -0.05) is 60.2 Å². The van der Waals surface area contributed by atoms with Crippen molar-refractivity contribution in [1.82, 2.24) is 4.08 Å². The number of sulfonamides is 1. The molecule has 0 aromatic heterocycles. The van der Waals surface area contributed by atoms with Gasteiger partial charge in [0, 0.05) is 5.69 Å². The quantitative estimate of drug-likeness (QED) is 0.144. The number of anilines is 1. The summed E-state index contributed by atoms with van der Waals surface area (Å²) in [5, 5.41) is 0. The molecule has 4 rings (SSSR count). The van der Waals surface area contributed by atoms with Gasteiger partial charge in [0.05, 0.1) is 22.6 Å². The lowest BCUT2D eigenvalue weighted by Crippen LogP contribution is -2.30. The van der Waals surface area contributed by atoms with Crippen molar-refractivity contribution in [3.63, 3.8) is 0 Å². The van der Waals surface area contributed by atoms with Crippen molar-refractivity contribution in [1.29, 1.82) is 0 Å². The molecule has 10 heteroatoms. The van der Waals surface area contributed by atoms with Gasteiger partial charge >= 0.3 is 8.53 Å². The molecule has 0 unspecified atom stereocenters. The minimum Gasteiger partial charge on any atom is -0.426 e. The fraction of sp³-hybridized carbons (Fsp3) is 0.0714. The monoisotopic (exact) mass is 548 g/mol. The molecular formula is C28H25N2O6PS. The standard InChI is InChI=1S/C28H25N2O6PS/c1-21-14-16-25(17-15-21)38(33,34)30(18-22-8-2-5-11-26(22)29)37(35-27-12-6-3-9-23(27)19-31)36-28-13-7-4-10-24(28)20-32/h2-17,19-20H,18,29H2,1H3. The van der Waals surface area contributed by atoms with E-state index in [4.69, 9.17) is 14.8 Å². The average molecular weight is 549 g/mol. The Hall–Kier alpha value is -4.04. The summed E-state index contributed by atoms with van der Waals surface area (Å²) in [7, 11) is -6.74. The summed E-state index contributed by atoms with van der Waals surface area (Å²) in [6.45, 7) is 1.66. The minimum absolute atomic E-state index is 0.0182. The molecule has 0 saturated carbocycles. The van der Waals surface area contributed by atoms with E-state index in [-0.39, 0.29) is 34.1 Å². The Balaban J connectivity index is 1.88. The summed E-state index contributed by atoms with van der Waals surface area (Å²) in [5.74, 6) is 0.254. The van der Waals surface area contributed by atoms with Gasteiger partial charge in [0.15, 0.2) is 12.6 Å². The van der Waals surface area contributed by atoms with Gasteiger partial charge in [-0.25, -0.2) is 8.42 Å². The number of carbonyl (C=O) groups excluding carboxylic acids is 2. The van der Waals surface area contributed by atoms with E-state index in [0.717, 1.165) is 9.64 Å². The van der Waals surface area contributed by atoms with Crippen LogP contribution in [0.4, 0.5) is 5.69 Å². The fourth-order valence-corrected chi connectivity index (χ4v) is 6.86. The van der Waals surface area contributed by atoms with Crippen LogP contribution in [0, 0.1) is 6.92 Å². The van der Waals surface area contributed by atoms with Crippen LogP contribution in [0.25, 0.3) is 0 Å². The second kappa shape index (κ2) is 12.0. The highest BCUT2D eigenvalue weighted by molar-refractivity contribution is 7.93. The molecule has 0 fully saturated rings. The molecule has 38 heavy (non-hydrogen) atoms. The van der Waals surface area contributed by atoms with Gasteiger partial charge in [0.25, 0.3) is 10.0 Å². The number of aryl methyl sites for hydroxylation is 1. The molecule has 0 amide bonds. The van der Waals surface area contributed by atoms with E-state index in [1.165, 1.54) is 12.1 Å². The van der Waals surface area contributed by atoms with Crippen LogP contribution < -0.4 is 14.8 Å². The first-order valence-corrected chi connectivity index (χ1v) is 14.1. The lowest BCUT2D eigenvalue weighted by Gasteiger charge is -2.29. The molecule has 0 spiro atoms. The molecule has 0 aliphatic heterocycles. The summed E-state index contributed by atoms with van der Waals surface area (Å²) in [6.07, 6.45) is 1.21. The number of hydrogen-bond acceptors (Lipinski definition) is 7. The van der Waals surface area contributed by atoms with Gasteiger partial charge in [-0.2, -0.15) is 0 Å². The first kappa shape index (κ1) is 27.0. The second-order valence-electron chi connectivity index (χ2n) is 8.23. The Labute approximate surface area is 222 Å². The molecule has 0 aliphatic rings. The highest BCUT2D eigenvalue weighted by Gasteiger charge is 2.38. The molecule has 0 bridgehead atoms. The number of rotatable bonds is 11. The lowest BCUT2D eigenvalue weighted by molar-refractivity contribution is 0.111. The van der Waals surface area contributed by atoms with Gasteiger partial charge in [-0.3, -0.25) is 9.59 Å². The molecule has 0 radical (unpaired) electrons. The number of nitrogen functional groups attached to an aromatic ring is 1. The maximum Gasteiger partial charge on any atom is 0.399 e. The third kappa shape index (κ3) is 6.08. The van der Waals surface area contributed by atoms with Gasteiger partial charge in [0.1, 0.15) is 11.5 Å². The number of nitrogens with zero attached hydrogens (tertiary/aromatic N) is 1. The van der Waals surface area contributed by atoms with Crippen LogP contribution in [-0.4, -0.2) is 25.1 Å². The SMILES string of the molecule is Cc1ccc(S(=O)(=O)N(Cc2ccccc2N)P(Oc2ccccc2C=O)Oc2ccccc2C=O)cc1. The Morgan fingerprint density at radius 3 is 1.79 bits per heavy atom. The first-order valence-electron chi connectivity index (χ1n) is 11.5. The van der Waals surface area contributed by atoms with Crippen molar-refractivity contribution in [3.05, 3.63) is 119 Å². The van der Waals surface area contributed by atoms with Crippen LogP contribution in [0.2, 0.25) is 0 Å². The summed E-state index contributed by atoms with van der Waals surface area (Å²) in [4.78, 5) is 23.4. The smallest absolute Gasteiger partial charge is 0.399 e. The maximum atomic E-state index is 14.1. The van der Waals surface area contributed by atoms with E-state index >= 15 is 0 Å². The molecule has 0 atom stereocenters. The van der Waals surface area contributed by atoms with Crippen LogP contribution in [-0.2, 0) is 16.6 Å². The number of nitrogens with two attached hydrogens (primary N) is 1. The predicted octanol–water partition coefficient (Wildman–Crippen LogP) is 5.78. The number of carbonyl (C=O) groups is 2. The van der Waals surface area contributed by atoms with Crippen molar-refractivity contribution >= 4 is 36.8 Å². The number of hydrogen-bond donors (Lipinski definition) is 1. The van der Waals surface area contributed by atoms with Gasteiger partial charge in [-0.05, 0) is 55.0 Å². The summed E-state index contributed by atoms with van der Waals surface area (Å²) in [6, 6.07) is 26.0. The van der Waals surface area contributed by atoms with E-state index < -0.39 is 18.5 Å². The second-order valence-corrected chi connectivity index (χ2v) is 11.7. The Morgan fingerprint density at radius 1 is 0.763 bits per heavy atom. The third-order valence-corrected chi connectivity index (χ3v) is 9.39. The van der Waals surface area contributed by atoms with E-state index in [2.05, 4.69) is 0 Å². The molecule has 194 valence electrons. The molecule has 0 saturated heterocycles. The highest BCUT2D eigenvalue weighted by atomic mass is 32.2. The predicted molar refractivity (Wildman–Crippen MR) is 147 cm³/mol. The lowest BCUT2D eigenvalue weighted by atomic mass is 10.2. The highest BCUT2D eigenvalue weighted by Crippen LogP contribution is 2.49. The van der Waals surface area contributed by atoms with E-state index in [9.17, 15) is 18.0 Å². The van der Waals surface area contributed by atoms with Crippen molar-refractivity contribution in [2.24, 2.45) is 0 Å². The summed E-state index contributed by atoms with van der Waals surface area (Å²) < 4.78 is 41.6. The first-order chi connectivity index (χ1) is 18.3. The molecule has 8 nitrogen and oxygen atoms in total. The molecule has 4 aromatic carbocycles. The van der Waals surface area contributed by atoms with Gasteiger partial charge in [-0.15, -0.1) is 4.08 Å². The van der Waals surface area contributed by atoms with Crippen LogP contribution >= 0.6 is 8.53 Å². The normalized spacial score (nSPS) is 11.3. The molecule has 2 N–H and O–H groups in total. The molecule has 0 aliphatic carbocycles. The van der Waals surface area contributed by atoms with E-state index in [0.29, 0.717) is 23.8 Å². The molecular weight excluding hydrogens is 523 g/mol. The third-order valence-electron chi connectivity index (χ3n) is 5.58. The topological polar surface area (TPSA) is 116 Å². The Bertz CT molecular complexity index is 1490. The zero-order valence-corrected chi connectivity index (χ0v) is 22.1. The Morgan fingerprint density at radius 2 is 1.26 bits per heavy atom. The maximum absolute atomic E-state index is 14.1. The zero-order valence-electron chi connectivity index (χ0n) is 20.4. The largest absolute Gasteiger partial charge is 0.426 e. The number of benzene rings is 4. The summed E-state index contributed by atoms with van der Waals surface area (Å²) in [5.41, 5.74) is 8.39. The van der Waals surface area contributed by atoms with Crippen molar-refractivity contribution in [3.8, 4) is 11.5 Å². The number of aldehydes is 2. The van der Waals surface area contributed by atoms with Crippen molar-refractivity contribution in [2.45, 2.75) is 18.4 Å². The fourth-order valence-electron chi connectivity index (χ4n) is 3.49. The molecule has 0 heterocycles. The van der Waals surface area contributed by atoms with E-state index in [1.807, 2.05) is 6.92 Å². The molecule has 4 aromatic rings. The minimum atomic E-state index is -4.23. The van der Waals surface area contributed by atoms with Crippen molar-refractivity contribution < 1.29 is 27.1 Å². The Kier molecular flexibility index (Phi) is 8.53. The summed E-state index contributed by atoms with van der Waals surface area (Å²) >= 11 is 0. The number of para-hydroxylation sites is 3. The van der Waals surface area contributed by atoms with E-state index in [1.54, 1.807) is 84.9 Å².